The third-order valence-electron chi connectivity index (χ3n) is 7.34. The number of ether oxygens (including phenoxy) is 2. The van der Waals surface area contributed by atoms with Gasteiger partial charge in [0, 0.05) is 36.9 Å². The molecule has 2 aromatic rings. The Bertz CT molecular complexity index is 1050. The van der Waals surface area contributed by atoms with Gasteiger partial charge in [-0.25, -0.2) is 4.79 Å². The molecular weight excluding hydrogens is 402 g/mol. The normalized spacial score (nSPS) is 25.7. The molecule has 2 unspecified atom stereocenters. The first-order valence-electron chi connectivity index (χ1n) is 12.0. The zero-order valence-electron chi connectivity index (χ0n) is 18.8. The van der Waals surface area contributed by atoms with Gasteiger partial charge in [0.15, 0.2) is 0 Å². The second-order valence-electron chi connectivity index (χ2n) is 9.67. The fourth-order valence-electron chi connectivity index (χ4n) is 5.47. The Kier molecular flexibility index (Phi) is 6.09. The van der Waals surface area contributed by atoms with Crippen molar-refractivity contribution < 1.29 is 19.4 Å². The number of hydrogen-bond donors (Lipinski definition) is 1. The second-order valence-corrected chi connectivity index (χ2v) is 9.67. The van der Waals surface area contributed by atoms with Crippen molar-refractivity contribution >= 4 is 16.9 Å². The highest BCUT2D eigenvalue weighted by atomic mass is 16.5. The zero-order valence-corrected chi connectivity index (χ0v) is 18.8. The molecule has 1 aromatic heterocycles. The van der Waals surface area contributed by atoms with Gasteiger partial charge in [-0.15, -0.1) is 0 Å². The summed E-state index contributed by atoms with van der Waals surface area (Å²) in [4.78, 5) is 12.6. The van der Waals surface area contributed by atoms with Gasteiger partial charge in [-0.05, 0) is 61.6 Å². The van der Waals surface area contributed by atoms with Gasteiger partial charge in [-0.3, -0.25) is 0 Å². The molecule has 2 saturated carbocycles. The number of fused-ring (bicyclic) bond motifs is 1. The van der Waals surface area contributed by atoms with E-state index in [1.165, 1.54) is 12.8 Å². The number of para-hydroxylation sites is 1. The molecule has 5 heteroatoms. The lowest BCUT2D eigenvalue weighted by Crippen LogP contribution is -2.26. The Morgan fingerprint density at radius 3 is 2.78 bits per heavy atom. The number of allylic oxidation sites excluding steroid dienone is 4. The van der Waals surface area contributed by atoms with Crippen LogP contribution in [0.5, 0.6) is 0 Å². The minimum absolute atomic E-state index is 0.00420. The summed E-state index contributed by atoms with van der Waals surface area (Å²) < 4.78 is 13.8. The summed E-state index contributed by atoms with van der Waals surface area (Å²) in [5, 5.41) is 11.4. The molecule has 1 aromatic carbocycles. The Hall–Kier alpha value is -2.53. The van der Waals surface area contributed by atoms with E-state index in [-0.39, 0.29) is 12.0 Å². The highest BCUT2D eigenvalue weighted by Gasteiger charge is 2.31. The van der Waals surface area contributed by atoms with E-state index in [2.05, 4.69) is 22.8 Å². The summed E-state index contributed by atoms with van der Waals surface area (Å²) in [5.74, 6) is 1.24. The molecule has 0 bridgehead atoms. The van der Waals surface area contributed by atoms with Gasteiger partial charge in [0.05, 0.1) is 18.5 Å². The number of carboxylic acid groups (broad SMARTS) is 1. The van der Waals surface area contributed by atoms with Gasteiger partial charge in [0.1, 0.15) is 5.69 Å². The van der Waals surface area contributed by atoms with Gasteiger partial charge in [-0.2, -0.15) is 0 Å². The monoisotopic (exact) mass is 435 g/mol. The molecule has 170 valence electrons. The molecule has 32 heavy (non-hydrogen) atoms. The lowest BCUT2D eigenvalue weighted by atomic mass is 9.87. The molecule has 0 saturated heterocycles. The molecule has 1 heterocycles. The minimum atomic E-state index is -0.848. The largest absolute Gasteiger partial charge is 0.498 e. The van der Waals surface area contributed by atoms with Gasteiger partial charge in [0.2, 0.25) is 0 Å². The standard InChI is InChI=1S/C27H33NO4/c1-31-21-8-4-6-19(14-21)16-28-24-11-3-2-10-23(24)25(26(28)27(29)30)20-7-5-9-22(15-20)32-17-18-12-13-18/h2-3,5,7,9-11,18-21H,4,6,8,12-17H2,1H3,(H,29,30)/t19?,20?,21-/m1/s1. The Morgan fingerprint density at radius 2 is 2.00 bits per heavy atom. The number of hydrogen-bond acceptors (Lipinski definition) is 3. The van der Waals surface area contributed by atoms with Crippen LogP contribution in [0, 0.1) is 11.8 Å². The topological polar surface area (TPSA) is 60.7 Å². The van der Waals surface area contributed by atoms with Crippen molar-refractivity contribution in [3.05, 3.63) is 59.5 Å². The van der Waals surface area contributed by atoms with Crippen LogP contribution in [0.3, 0.4) is 0 Å². The summed E-state index contributed by atoms with van der Waals surface area (Å²) in [7, 11) is 1.78. The van der Waals surface area contributed by atoms with E-state index in [4.69, 9.17) is 9.47 Å². The third kappa shape index (κ3) is 4.36. The molecule has 0 spiro atoms. The van der Waals surface area contributed by atoms with E-state index in [0.717, 1.165) is 61.1 Å². The predicted octanol–water partition coefficient (Wildman–Crippen LogP) is 5.90. The van der Waals surface area contributed by atoms with Crippen molar-refractivity contribution in [1.29, 1.82) is 0 Å². The van der Waals surface area contributed by atoms with Crippen LogP contribution < -0.4 is 0 Å². The molecule has 1 N–H and O–H groups in total. The summed E-state index contributed by atoms with van der Waals surface area (Å²) in [6, 6.07) is 8.15. The lowest BCUT2D eigenvalue weighted by molar-refractivity contribution is 0.0469. The average molecular weight is 436 g/mol. The number of methoxy groups -OCH3 is 1. The van der Waals surface area contributed by atoms with Crippen LogP contribution in [0.4, 0.5) is 0 Å². The first-order valence-corrected chi connectivity index (χ1v) is 12.0. The van der Waals surface area contributed by atoms with Gasteiger partial charge in [-0.1, -0.05) is 36.8 Å². The van der Waals surface area contributed by atoms with Crippen molar-refractivity contribution in [2.45, 2.75) is 63.5 Å². The molecule has 3 aliphatic carbocycles. The first kappa shape index (κ1) is 21.3. The molecule has 0 aliphatic heterocycles. The van der Waals surface area contributed by atoms with Crippen LogP contribution in [0.25, 0.3) is 10.9 Å². The fraction of sp³-hybridized carbons (Fsp3) is 0.519. The van der Waals surface area contributed by atoms with Crippen molar-refractivity contribution in [1.82, 2.24) is 4.57 Å². The third-order valence-corrected chi connectivity index (χ3v) is 7.34. The van der Waals surface area contributed by atoms with Crippen LogP contribution >= 0.6 is 0 Å². The number of benzene rings is 1. The number of aromatic carboxylic acids is 1. The smallest absolute Gasteiger partial charge is 0.352 e. The van der Waals surface area contributed by atoms with Crippen LogP contribution in [-0.4, -0.2) is 35.5 Å². The number of rotatable bonds is 8. The molecule has 3 atom stereocenters. The van der Waals surface area contributed by atoms with Crippen molar-refractivity contribution in [2.75, 3.05) is 13.7 Å². The van der Waals surface area contributed by atoms with Crippen molar-refractivity contribution in [3.8, 4) is 0 Å². The zero-order chi connectivity index (χ0) is 22.1. The number of aromatic nitrogens is 1. The maximum absolute atomic E-state index is 12.6. The summed E-state index contributed by atoms with van der Waals surface area (Å²) in [6.07, 6.45) is 14.0. The van der Waals surface area contributed by atoms with E-state index >= 15 is 0 Å². The number of nitrogens with zero attached hydrogens (tertiary/aromatic N) is 1. The molecular formula is C27H33NO4. The molecule has 5 rings (SSSR count). The lowest BCUT2D eigenvalue weighted by Gasteiger charge is -2.29. The maximum Gasteiger partial charge on any atom is 0.352 e. The van der Waals surface area contributed by atoms with Crippen LogP contribution in [0.2, 0.25) is 0 Å². The van der Waals surface area contributed by atoms with Crippen molar-refractivity contribution in [2.24, 2.45) is 11.8 Å². The SMILES string of the molecule is CO[C@@H]1CCCC(Cn2c(C(=O)O)c(C3C=CC=C(OCC4CC4)C3)c3ccccc32)C1. The van der Waals surface area contributed by atoms with Gasteiger partial charge >= 0.3 is 5.97 Å². The Morgan fingerprint density at radius 1 is 1.16 bits per heavy atom. The first-order chi connectivity index (χ1) is 15.6. The quantitative estimate of drug-likeness (QED) is 0.561. The van der Waals surface area contributed by atoms with E-state index in [0.29, 0.717) is 24.0 Å². The van der Waals surface area contributed by atoms with Crippen LogP contribution in [0.15, 0.2) is 48.3 Å². The maximum atomic E-state index is 12.6. The predicted molar refractivity (Wildman–Crippen MR) is 125 cm³/mol. The van der Waals surface area contributed by atoms with Crippen LogP contribution in [-0.2, 0) is 16.0 Å². The van der Waals surface area contributed by atoms with Gasteiger partial charge < -0.3 is 19.1 Å². The summed E-state index contributed by atoms with van der Waals surface area (Å²) in [5.41, 5.74) is 2.37. The molecule has 0 amide bonds. The highest BCUT2D eigenvalue weighted by molar-refractivity contribution is 5.99. The molecule has 0 radical (unpaired) electrons. The van der Waals surface area contributed by atoms with Crippen molar-refractivity contribution in [3.63, 3.8) is 0 Å². The molecule has 2 fully saturated rings. The Balaban J connectivity index is 1.48. The minimum Gasteiger partial charge on any atom is -0.498 e. The fourth-order valence-corrected chi connectivity index (χ4v) is 5.47. The van der Waals surface area contributed by atoms with Crippen LogP contribution in [0.1, 0.15) is 66.9 Å². The molecule has 3 aliphatic rings. The summed E-state index contributed by atoms with van der Waals surface area (Å²) in [6.45, 7) is 1.50. The Labute approximate surface area is 189 Å². The average Bonchev–Trinajstić information content (AvgIpc) is 3.59. The van der Waals surface area contributed by atoms with E-state index in [9.17, 15) is 9.90 Å². The second kappa shape index (κ2) is 9.14. The summed E-state index contributed by atoms with van der Waals surface area (Å²) >= 11 is 0. The van der Waals surface area contributed by atoms with Gasteiger partial charge in [0.25, 0.3) is 0 Å². The van der Waals surface area contributed by atoms with E-state index in [1.807, 2.05) is 24.3 Å². The highest BCUT2D eigenvalue weighted by Crippen LogP contribution is 2.40. The number of carbonyl (C=O) groups is 1. The number of carboxylic acids is 1. The van der Waals surface area contributed by atoms with E-state index in [1.54, 1.807) is 7.11 Å². The molecule has 5 nitrogen and oxygen atoms in total. The van der Waals surface area contributed by atoms with E-state index < -0.39 is 5.97 Å².